The number of hydrogen-bond donors (Lipinski definition) is 1. The van der Waals surface area contributed by atoms with E-state index < -0.39 is 0 Å². The second kappa shape index (κ2) is 7.21. The monoisotopic (exact) mass is 323 g/mol. The van der Waals surface area contributed by atoms with E-state index in [9.17, 15) is 0 Å². The standard InChI is InChI=1S/C14H14ClN3O2S/c1-18(19-2)14(21)16-10-6-8-11(9-7-10)20-13-5-3-4-12(15)17-13/h3-9H,1-2H3,(H,16,21). The van der Waals surface area contributed by atoms with Crippen LogP contribution in [-0.4, -0.2) is 29.3 Å². The van der Waals surface area contributed by atoms with E-state index in [4.69, 9.17) is 33.4 Å². The van der Waals surface area contributed by atoms with Crippen LogP contribution in [-0.2, 0) is 4.84 Å². The van der Waals surface area contributed by atoms with Gasteiger partial charge in [-0.05, 0) is 42.5 Å². The second-order valence-electron chi connectivity index (χ2n) is 4.04. The molecule has 0 bridgehead atoms. The maximum Gasteiger partial charge on any atom is 0.220 e. The second-order valence-corrected chi connectivity index (χ2v) is 4.81. The van der Waals surface area contributed by atoms with Crippen molar-refractivity contribution in [1.82, 2.24) is 10.0 Å². The first-order valence-corrected chi connectivity index (χ1v) is 6.86. The van der Waals surface area contributed by atoms with Gasteiger partial charge in [0.1, 0.15) is 10.9 Å². The van der Waals surface area contributed by atoms with E-state index in [2.05, 4.69) is 10.3 Å². The molecule has 21 heavy (non-hydrogen) atoms. The van der Waals surface area contributed by atoms with E-state index in [0.29, 0.717) is 21.9 Å². The molecule has 0 fully saturated rings. The maximum absolute atomic E-state index is 5.81. The van der Waals surface area contributed by atoms with Crippen molar-refractivity contribution in [3.05, 3.63) is 47.6 Å². The van der Waals surface area contributed by atoms with Crippen LogP contribution >= 0.6 is 23.8 Å². The van der Waals surface area contributed by atoms with Crippen molar-refractivity contribution in [3.8, 4) is 11.6 Å². The molecule has 1 aromatic heterocycles. The summed E-state index contributed by atoms with van der Waals surface area (Å²) in [5.74, 6) is 1.10. The van der Waals surface area contributed by atoms with Crippen LogP contribution in [0.2, 0.25) is 5.15 Å². The molecular formula is C14H14ClN3O2S. The molecule has 0 aliphatic heterocycles. The lowest BCUT2D eigenvalue weighted by Gasteiger charge is -2.17. The van der Waals surface area contributed by atoms with Crippen molar-refractivity contribution in [3.63, 3.8) is 0 Å². The van der Waals surface area contributed by atoms with E-state index >= 15 is 0 Å². The van der Waals surface area contributed by atoms with E-state index in [1.165, 1.54) is 5.06 Å². The van der Waals surface area contributed by atoms with E-state index in [1.54, 1.807) is 44.5 Å². The fourth-order valence-corrected chi connectivity index (χ4v) is 1.81. The maximum atomic E-state index is 5.81. The van der Waals surface area contributed by atoms with Crippen LogP contribution in [0, 0.1) is 0 Å². The molecule has 110 valence electrons. The largest absolute Gasteiger partial charge is 0.439 e. The Kier molecular flexibility index (Phi) is 5.32. The first-order chi connectivity index (χ1) is 10.1. The Morgan fingerprint density at radius 1 is 1.24 bits per heavy atom. The third-order valence-corrected chi connectivity index (χ3v) is 3.15. The molecule has 0 saturated heterocycles. The molecule has 0 radical (unpaired) electrons. The number of benzene rings is 1. The summed E-state index contributed by atoms with van der Waals surface area (Å²) in [6, 6.07) is 12.5. The van der Waals surface area contributed by atoms with Gasteiger partial charge in [0.25, 0.3) is 0 Å². The number of rotatable bonds is 4. The van der Waals surface area contributed by atoms with Crippen LogP contribution in [0.4, 0.5) is 5.69 Å². The van der Waals surface area contributed by atoms with Gasteiger partial charge in [0, 0.05) is 18.8 Å². The van der Waals surface area contributed by atoms with Crippen molar-refractivity contribution >= 4 is 34.6 Å². The molecule has 1 N–H and O–H groups in total. The lowest BCUT2D eigenvalue weighted by Crippen LogP contribution is -2.29. The molecule has 7 heteroatoms. The van der Waals surface area contributed by atoms with Gasteiger partial charge in [-0.3, -0.25) is 4.84 Å². The van der Waals surface area contributed by atoms with Crippen LogP contribution in [0.25, 0.3) is 0 Å². The molecule has 0 amide bonds. The molecule has 1 aromatic carbocycles. The van der Waals surface area contributed by atoms with Gasteiger partial charge in [0.15, 0.2) is 5.11 Å². The fraction of sp³-hybridized carbons (Fsp3) is 0.143. The summed E-state index contributed by atoms with van der Waals surface area (Å²) in [5, 5.41) is 5.34. The quantitative estimate of drug-likeness (QED) is 0.525. The number of hydroxylamine groups is 2. The Morgan fingerprint density at radius 3 is 2.57 bits per heavy atom. The van der Waals surface area contributed by atoms with Crippen molar-refractivity contribution in [2.24, 2.45) is 0 Å². The summed E-state index contributed by atoms with van der Waals surface area (Å²) in [6.07, 6.45) is 0. The van der Waals surface area contributed by atoms with Crippen LogP contribution < -0.4 is 10.1 Å². The van der Waals surface area contributed by atoms with Crippen LogP contribution in [0.15, 0.2) is 42.5 Å². The van der Waals surface area contributed by atoms with Gasteiger partial charge in [0.2, 0.25) is 5.88 Å². The summed E-state index contributed by atoms with van der Waals surface area (Å²) < 4.78 is 5.60. The molecule has 0 atom stereocenters. The average molecular weight is 324 g/mol. The van der Waals surface area contributed by atoms with Gasteiger partial charge in [-0.1, -0.05) is 17.7 Å². The van der Waals surface area contributed by atoms with E-state index in [1.807, 2.05) is 12.1 Å². The van der Waals surface area contributed by atoms with Gasteiger partial charge < -0.3 is 10.1 Å². The lowest BCUT2D eigenvalue weighted by atomic mass is 10.3. The highest BCUT2D eigenvalue weighted by Gasteiger charge is 2.04. The zero-order valence-electron chi connectivity index (χ0n) is 11.5. The molecule has 0 spiro atoms. The van der Waals surface area contributed by atoms with Gasteiger partial charge >= 0.3 is 0 Å². The smallest absolute Gasteiger partial charge is 0.220 e. The van der Waals surface area contributed by atoms with Crippen LogP contribution in [0.1, 0.15) is 0 Å². The van der Waals surface area contributed by atoms with Gasteiger partial charge in [0.05, 0.1) is 7.11 Å². The first kappa shape index (κ1) is 15.5. The van der Waals surface area contributed by atoms with E-state index in [0.717, 1.165) is 5.69 Å². The minimum absolute atomic E-state index is 0.388. The highest BCUT2D eigenvalue weighted by Crippen LogP contribution is 2.22. The van der Waals surface area contributed by atoms with Crippen molar-refractivity contribution in [1.29, 1.82) is 0 Å². The Hall–Kier alpha value is -1.89. The topological polar surface area (TPSA) is 46.6 Å². The summed E-state index contributed by atoms with van der Waals surface area (Å²) in [6.45, 7) is 0. The van der Waals surface area contributed by atoms with Crippen LogP contribution in [0.5, 0.6) is 11.6 Å². The third kappa shape index (κ3) is 4.56. The number of ether oxygens (including phenoxy) is 1. The molecule has 0 aliphatic rings. The average Bonchev–Trinajstić information content (AvgIpc) is 2.48. The molecule has 2 rings (SSSR count). The highest BCUT2D eigenvalue weighted by atomic mass is 35.5. The normalized spacial score (nSPS) is 10.0. The number of anilines is 1. The summed E-state index contributed by atoms with van der Waals surface area (Å²) >= 11 is 10.9. The van der Waals surface area contributed by atoms with Crippen molar-refractivity contribution < 1.29 is 9.57 Å². The number of halogens is 1. The molecule has 5 nitrogen and oxygen atoms in total. The Bertz CT molecular complexity index is 622. The number of aromatic nitrogens is 1. The minimum atomic E-state index is 0.388. The summed E-state index contributed by atoms with van der Waals surface area (Å²) in [7, 11) is 3.26. The molecule has 0 aliphatic carbocycles. The summed E-state index contributed by atoms with van der Waals surface area (Å²) in [5.41, 5.74) is 0.829. The number of pyridine rings is 1. The van der Waals surface area contributed by atoms with Crippen molar-refractivity contribution in [2.45, 2.75) is 0 Å². The Balaban J connectivity index is 2.00. The SMILES string of the molecule is CON(C)C(=S)Nc1ccc(Oc2cccc(Cl)n2)cc1. The predicted octanol–water partition coefficient (Wildman–Crippen LogP) is 3.72. The zero-order chi connectivity index (χ0) is 15.2. The molecular weight excluding hydrogens is 310 g/mol. The summed E-state index contributed by atoms with van der Waals surface area (Å²) in [4.78, 5) is 9.04. The Labute approximate surface area is 133 Å². The lowest BCUT2D eigenvalue weighted by molar-refractivity contribution is -0.0391. The first-order valence-electron chi connectivity index (χ1n) is 6.08. The third-order valence-electron chi connectivity index (χ3n) is 2.58. The minimum Gasteiger partial charge on any atom is -0.439 e. The van der Waals surface area contributed by atoms with Crippen LogP contribution in [0.3, 0.4) is 0 Å². The molecule has 0 saturated carbocycles. The number of nitrogens with zero attached hydrogens (tertiary/aromatic N) is 2. The van der Waals surface area contributed by atoms with Gasteiger partial charge in [-0.25, -0.2) is 10.0 Å². The van der Waals surface area contributed by atoms with Gasteiger partial charge in [-0.2, -0.15) is 0 Å². The van der Waals surface area contributed by atoms with Gasteiger partial charge in [-0.15, -0.1) is 0 Å². The number of hydrogen-bond acceptors (Lipinski definition) is 4. The molecule has 0 unspecified atom stereocenters. The number of nitrogens with one attached hydrogen (secondary N) is 1. The fourth-order valence-electron chi connectivity index (χ4n) is 1.46. The molecule has 1 heterocycles. The number of thiocarbonyl (C=S) groups is 1. The molecule has 2 aromatic rings. The van der Waals surface area contributed by atoms with E-state index in [-0.39, 0.29) is 0 Å². The highest BCUT2D eigenvalue weighted by molar-refractivity contribution is 7.80. The predicted molar refractivity (Wildman–Crippen MR) is 86.8 cm³/mol. The zero-order valence-corrected chi connectivity index (χ0v) is 13.1. The Morgan fingerprint density at radius 2 is 1.95 bits per heavy atom. The van der Waals surface area contributed by atoms with Crippen molar-refractivity contribution in [2.75, 3.05) is 19.5 Å².